The van der Waals surface area contributed by atoms with Crippen LogP contribution in [0.4, 0.5) is 0 Å². The van der Waals surface area contributed by atoms with E-state index in [-0.39, 0.29) is 5.60 Å². The van der Waals surface area contributed by atoms with E-state index in [1.807, 2.05) is 11.3 Å². The lowest BCUT2D eigenvalue weighted by Gasteiger charge is -2.38. The fraction of sp³-hybridized carbons (Fsp3) is 0.765. The number of hydrogen-bond donors (Lipinski definition) is 1. The first-order chi connectivity index (χ1) is 9.80. The van der Waals surface area contributed by atoms with Gasteiger partial charge in [0.15, 0.2) is 0 Å². The first kappa shape index (κ1) is 16.0. The SMILES string of the molecule is CCCNC(CCc1cccs1)C1(OCC)CCCC1. The minimum Gasteiger partial charge on any atom is -0.374 e. The van der Waals surface area contributed by atoms with Gasteiger partial charge in [0.05, 0.1) is 5.60 Å². The molecule has 1 aromatic heterocycles. The highest BCUT2D eigenvalue weighted by molar-refractivity contribution is 7.09. The molecular weight excluding hydrogens is 266 g/mol. The highest BCUT2D eigenvalue weighted by atomic mass is 32.1. The van der Waals surface area contributed by atoms with Crippen LogP contribution in [-0.2, 0) is 11.2 Å². The van der Waals surface area contributed by atoms with Crippen LogP contribution in [-0.4, -0.2) is 24.8 Å². The summed E-state index contributed by atoms with van der Waals surface area (Å²) in [6.45, 7) is 6.31. The van der Waals surface area contributed by atoms with Crippen molar-refractivity contribution in [3.8, 4) is 0 Å². The Hall–Kier alpha value is -0.380. The van der Waals surface area contributed by atoms with E-state index >= 15 is 0 Å². The third-order valence-corrected chi connectivity index (χ3v) is 5.35. The Bertz CT molecular complexity index is 357. The van der Waals surface area contributed by atoms with Crippen molar-refractivity contribution >= 4 is 11.3 Å². The number of ether oxygens (including phenoxy) is 1. The summed E-state index contributed by atoms with van der Waals surface area (Å²) in [5.74, 6) is 0. The molecule has 3 heteroatoms. The van der Waals surface area contributed by atoms with Crippen molar-refractivity contribution in [2.75, 3.05) is 13.2 Å². The molecule has 1 atom stereocenters. The highest BCUT2D eigenvalue weighted by Gasteiger charge is 2.41. The molecule has 2 nitrogen and oxygen atoms in total. The van der Waals surface area contributed by atoms with Gasteiger partial charge < -0.3 is 10.1 Å². The van der Waals surface area contributed by atoms with E-state index in [0.29, 0.717) is 6.04 Å². The molecule has 0 amide bonds. The van der Waals surface area contributed by atoms with Gasteiger partial charge in [-0.3, -0.25) is 0 Å². The van der Waals surface area contributed by atoms with Crippen LogP contribution in [0.3, 0.4) is 0 Å². The van der Waals surface area contributed by atoms with Crippen molar-refractivity contribution in [1.29, 1.82) is 0 Å². The number of thiophene rings is 1. The zero-order chi connectivity index (χ0) is 14.3. The summed E-state index contributed by atoms with van der Waals surface area (Å²) < 4.78 is 6.26. The van der Waals surface area contributed by atoms with E-state index in [0.717, 1.165) is 13.2 Å². The molecular formula is C17H29NOS. The van der Waals surface area contributed by atoms with Crippen molar-refractivity contribution in [2.24, 2.45) is 0 Å². The van der Waals surface area contributed by atoms with Gasteiger partial charge in [0.2, 0.25) is 0 Å². The van der Waals surface area contributed by atoms with Gasteiger partial charge in [-0.15, -0.1) is 11.3 Å². The maximum absolute atomic E-state index is 6.26. The lowest BCUT2D eigenvalue weighted by molar-refractivity contribution is -0.0630. The Kier molecular flexibility index (Phi) is 6.53. The van der Waals surface area contributed by atoms with Gasteiger partial charge in [-0.2, -0.15) is 0 Å². The molecule has 0 saturated heterocycles. The second-order valence-electron chi connectivity index (χ2n) is 5.83. The lowest BCUT2D eigenvalue weighted by atomic mass is 9.88. The van der Waals surface area contributed by atoms with Crippen LogP contribution < -0.4 is 5.32 Å². The van der Waals surface area contributed by atoms with Crippen LogP contribution in [0.2, 0.25) is 0 Å². The minimum atomic E-state index is 0.0984. The number of nitrogens with one attached hydrogen (secondary N) is 1. The molecule has 0 bridgehead atoms. The lowest BCUT2D eigenvalue weighted by Crippen LogP contribution is -2.51. The van der Waals surface area contributed by atoms with E-state index in [1.165, 1.54) is 49.8 Å². The smallest absolute Gasteiger partial charge is 0.0834 e. The zero-order valence-electron chi connectivity index (χ0n) is 13.0. The molecule has 1 fully saturated rings. The van der Waals surface area contributed by atoms with Crippen LogP contribution >= 0.6 is 11.3 Å². The molecule has 1 saturated carbocycles. The van der Waals surface area contributed by atoms with Gasteiger partial charge >= 0.3 is 0 Å². The van der Waals surface area contributed by atoms with E-state index < -0.39 is 0 Å². The molecule has 1 heterocycles. The summed E-state index contributed by atoms with van der Waals surface area (Å²) in [7, 11) is 0. The summed E-state index contributed by atoms with van der Waals surface area (Å²) in [6, 6.07) is 4.92. The third-order valence-electron chi connectivity index (χ3n) is 4.42. The molecule has 114 valence electrons. The molecule has 0 spiro atoms. The van der Waals surface area contributed by atoms with Crippen molar-refractivity contribution < 1.29 is 4.74 Å². The molecule has 1 unspecified atom stereocenters. The quantitative estimate of drug-likeness (QED) is 0.729. The predicted octanol–water partition coefficient (Wildman–Crippen LogP) is 4.40. The van der Waals surface area contributed by atoms with Gasteiger partial charge in [0.25, 0.3) is 0 Å². The Balaban J connectivity index is 2.00. The number of hydrogen-bond acceptors (Lipinski definition) is 3. The Morgan fingerprint density at radius 3 is 2.75 bits per heavy atom. The minimum absolute atomic E-state index is 0.0984. The predicted molar refractivity (Wildman–Crippen MR) is 87.5 cm³/mol. The fourth-order valence-electron chi connectivity index (χ4n) is 3.47. The van der Waals surface area contributed by atoms with Crippen LogP contribution in [0.1, 0.15) is 57.2 Å². The molecule has 0 aliphatic heterocycles. The second-order valence-corrected chi connectivity index (χ2v) is 6.86. The normalized spacial score (nSPS) is 19.3. The van der Waals surface area contributed by atoms with Gasteiger partial charge in [0, 0.05) is 17.5 Å². The number of aryl methyl sites for hydroxylation is 1. The zero-order valence-corrected chi connectivity index (χ0v) is 13.8. The van der Waals surface area contributed by atoms with Crippen LogP contribution in [0.5, 0.6) is 0 Å². The first-order valence-electron chi connectivity index (χ1n) is 8.20. The van der Waals surface area contributed by atoms with E-state index in [4.69, 9.17) is 4.74 Å². The van der Waals surface area contributed by atoms with Crippen LogP contribution in [0, 0.1) is 0 Å². The number of rotatable bonds is 9. The summed E-state index contributed by atoms with van der Waals surface area (Å²) in [5, 5.41) is 5.96. The van der Waals surface area contributed by atoms with E-state index in [2.05, 4.69) is 36.7 Å². The molecule has 1 aliphatic carbocycles. The summed E-state index contributed by atoms with van der Waals surface area (Å²) in [4.78, 5) is 1.50. The average molecular weight is 295 g/mol. The van der Waals surface area contributed by atoms with E-state index in [9.17, 15) is 0 Å². The van der Waals surface area contributed by atoms with Crippen molar-refractivity contribution in [3.05, 3.63) is 22.4 Å². The molecule has 20 heavy (non-hydrogen) atoms. The van der Waals surface area contributed by atoms with Crippen molar-refractivity contribution in [3.63, 3.8) is 0 Å². The van der Waals surface area contributed by atoms with Crippen molar-refractivity contribution in [1.82, 2.24) is 5.32 Å². The maximum atomic E-state index is 6.26. The Labute approximate surface area is 127 Å². The average Bonchev–Trinajstić information content (AvgIpc) is 3.11. The monoisotopic (exact) mass is 295 g/mol. The van der Waals surface area contributed by atoms with Gasteiger partial charge in [0.1, 0.15) is 0 Å². The topological polar surface area (TPSA) is 21.3 Å². The second kappa shape index (κ2) is 8.16. The fourth-order valence-corrected chi connectivity index (χ4v) is 4.19. The standard InChI is InChI=1S/C17H29NOS/c1-3-13-18-16(10-9-15-8-7-14-20-15)17(19-4-2)11-5-6-12-17/h7-8,14,16,18H,3-6,9-13H2,1-2H3. The van der Waals surface area contributed by atoms with Crippen LogP contribution in [0.25, 0.3) is 0 Å². The molecule has 1 aliphatic rings. The van der Waals surface area contributed by atoms with E-state index in [1.54, 1.807) is 0 Å². The molecule has 2 rings (SSSR count). The molecule has 0 radical (unpaired) electrons. The summed E-state index contributed by atoms with van der Waals surface area (Å²) in [6.07, 6.45) is 8.66. The third kappa shape index (κ3) is 4.06. The highest BCUT2D eigenvalue weighted by Crippen LogP contribution is 2.38. The van der Waals surface area contributed by atoms with Gasteiger partial charge in [-0.05, 0) is 57.0 Å². The summed E-state index contributed by atoms with van der Waals surface area (Å²) in [5.41, 5.74) is 0.0984. The molecule has 1 aromatic rings. The molecule has 0 aromatic carbocycles. The van der Waals surface area contributed by atoms with Gasteiger partial charge in [-0.1, -0.05) is 25.8 Å². The largest absolute Gasteiger partial charge is 0.374 e. The Morgan fingerprint density at radius 1 is 1.35 bits per heavy atom. The van der Waals surface area contributed by atoms with Gasteiger partial charge in [-0.25, -0.2) is 0 Å². The maximum Gasteiger partial charge on any atom is 0.0834 e. The first-order valence-corrected chi connectivity index (χ1v) is 9.08. The Morgan fingerprint density at radius 2 is 2.15 bits per heavy atom. The van der Waals surface area contributed by atoms with Crippen molar-refractivity contribution in [2.45, 2.75) is 70.4 Å². The summed E-state index contributed by atoms with van der Waals surface area (Å²) >= 11 is 1.87. The van der Waals surface area contributed by atoms with Crippen LogP contribution in [0.15, 0.2) is 17.5 Å². The molecule has 1 N–H and O–H groups in total.